The Morgan fingerprint density at radius 1 is 1.03 bits per heavy atom. The first kappa shape index (κ1) is 21.0. The minimum atomic E-state index is -4.36. The summed E-state index contributed by atoms with van der Waals surface area (Å²) in [4.78, 5) is 16.1. The van der Waals surface area contributed by atoms with Gasteiger partial charge < -0.3 is 14.5 Å². The molecule has 0 spiro atoms. The molecule has 0 aliphatic carbocycles. The first-order chi connectivity index (χ1) is 13.7. The molecule has 2 aromatic carbocycles. The van der Waals surface area contributed by atoms with Crippen molar-refractivity contribution >= 4 is 11.6 Å². The molecule has 0 radical (unpaired) electrons. The number of alkyl halides is 3. The largest absolute Gasteiger partial charge is 0.493 e. The second kappa shape index (κ2) is 8.76. The van der Waals surface area contributed by atoms with Gasteiger partial charge in [0.05, 0.1) is 18.6 Å². The van der Waals surface area contributed by atoms with Crippen LogP contribution in [0.25, 0.3) is 0 Å². The van der Waals surface area contributed by atoms with Crippen molar-refractivity contribution in [2.45, 2.75) is 26.4 Å². The van der Waals surface area contributed by atoms with Crippen LogP contribution in [0.5, 0.6) is 5.75 Å². The van der Waals surface area contributed by atoms with Crippen LogP contribution in [-0.2, 0) is 11.0 Å². The molecule has 2 aromatic rings. The van der Waals surface area contributed by atoms with Crippen molar-refractivity contribution in [1.29, 1.82) is 0 Å². The molecule has 7 heteroatoms. The maximum atomic E-state index is 12.9. The summed E-state index contributed by atoms with van der Waals surface area (Å²) in [6.45, 7) is 6.23. The lowest BCUT2D eigenvalue weighted by atomic mass is 10.1. The topological polar surface area (TPSA) is 32.8 Å². The number of aryl methyl sites for hydroxylation is 2. The van der Waals surface area contributed by atoms with E-state index in [0.29, 0.717) is 38.5 Å². The number of hydrogen-bond donors (Lipinski definition) is 0. The van der Waals surface area contributed by atoms with E-state index in [2.05, 4.69) is 0 Å². The Morgan fingerprint density at radius 2 is 1.76 bits per heavy atom. The smallest absolute Gasteiger partial charge is 0.416 e. The molecule has 0 saturated carbocycles. The molecule has 0 aromatic heterocycles. The molecular weight excluding hydrogens is 381 g/mol. The zero-order valence-electron chi connectivity index (χ0n) is 16.6. The zero-order chi connectivity index (χ0) is 21.0. The molecule has 0 unspecified atom stereocenters. The van der Waals surface area contributed by atoms with E-state index >= 15 is 0 Å². The van der Waals surface area contributed by atoms with Crippen molar-refractivity contribution in [1.82, 2.24) is 4.90 Å². The van der Waals surface area contributed by atoms with Gasteiger partial charge >= 0.3 is 6.18 Å². The van der Waals surface area contributed by atoms with E-state index in [1.165, 1.54) is 6.07 Å². The average Bonchev–Trinajstić information content (AvgIpc) is 2.70. The van der Waals surface area contributed by atoms with Gasteiger partial charge in [0, 0.05) is 31.9 Å². The van der Waals surface area contributed by atoms with Crippen molar-refractivity contribution in [2.75, 3.05) is 37.7 Å². The predicted octanol–water partition coefficient (Wildman–Crippen LogP) is 4.44. The van der Waals surface area contributed by atoms with Gasteiger partial charge in [0.2, 0.25) is 5.91 Å². The van der Waals surface area contributed by atoms with Gasteiger partial charge in [0.25, 0.3) is 0 Å². The van der Waals surface area contributed by atoms with E-state index in [-0.39, 0.29) is 12.3 Å². The first-order valence-corrected chi connectivity index (χ1v) is 9.64. The Hall–Kier alpha value is -2.70. The molecule has 0 N–H and O–H groups in total. The van der Waals surface area contributed by atoms with Crippen LogP contribution in [0.4, 0.5) is 18.9 Å². The Kier molecular flexibility index (Phi) is 6.35. The Balaban J connectivity index is 1.49. The normalized spacial score (nSPS) is 14.8. The highest BCUT2D eigenvalue weighted by atomic mass is 19.4. The summed E-state index contributed by atoms with van der Waals surface area (Å²) in [5.41, 5.74) is 2.00. The number of amides is 1. The fraction of sp³-hybridized carbons (Fsp3) is 0.409. The summed E-state index contributed by atoms with van der Waals surface area (Å²) in [6, 6.07) is 11.3. The summed E-state index contributed by atoms with van der Waals surface area (Å²) in [5.74, 6) is 0.783. The number of hydrogen-bond acceptors (Lipinski definition) is 3. The Morgan fingerprint density at radius 3 is 2.45 bits per heavy atom. The van der Waals surface area contributed by atoms with Crippen LogP contribution in [-0.4, -0.2) is 43.6 Å². The fourth-order valence-electron chi connectivity index (χ4n) is 3.36. The zero-order valence-corrected chi connectivity index (χ0v) is 16.6. The van der Waals surface area contributed by atoms with Gasteiger partial charge in [0.15, 0.2) is 0 Å². The fourth-order valence-corrected chi connectivity index (χ4v) is 3.36. The molecule has 1 amide bonds. The van der Waals surface area contributed by atoms with Crippen LogP contribution in [0, 0.1) is 13.8 Å². The van der Waals surface area contributed by atoms with Crippen LogP contribution >= 0.6 is 0 Å². The third kappa shape index (κ3) is 5.43. The number of piperazine rings is 1. The SMILES string of the molecule is Cc1ccc(C)c(OCCC(=O)N2CCN(c3cccc(C(F)(F)F)c3)CC2)c1. The summed E-state index contributed by atoms with van der Waals surface area (Å²) >= 11 is 0. The highest BCUT2D eigenvalue weighted by Gasteiger charge is 2.31. The van der Waals surface area contributed by atoms with E-state index in [1.807, 2.05) is 36.9 Å². The van der Waals surface area contributed by atoms with Gasteiger partial charge in [0.1, 0.15) is 5.75 Å². The molecular formula is C22H25F3N2O2. The number of nitrogens with zero attached hydrogens (tertiary/aromatic N) is 2. The first-order valence-electron chi connectivity index (χ1n) is 9.64. The third-order valence-electron chi connectivity index (χ3n) is 5.09. The van der Waals surface area contributed by atoms with E-state index in [1.54, 1.807) is 11.0 Å². The van der Waals surface area contributed by atoms with Crippen molar-refractivity contribution in [3.63, 3.8) is 0 Å². The monoisotopic (exact) mass is 406 g/mol. The highest BCUT2D eigenvalue weighted by molar-refractivity contribution is 5.76. The van der Waals surface area contributed by atoms with Crippen LogP contribution in [0.2, 0.25) is 0 Å². The predicted molar refractivity (Wildman–Crippen MR) is 106 cm³/mol. The molecule has 1 aliphatic rings. The molecule has 0 atom stereocenters. The van der Waals surface area contributed by atoms with Gasteiger partial charge in [-0.15, -0.1) is 0 Å². The van der Waals surface area contributed by atoms with E-state index in [0.717, 1.165) is 29.0 Å². The van der Waals surface area contributed by atoms with E-state index < -0.39 is 11.7 Å². The number of carbonyl (C=O) groups excluding carboxylic acids is 1. The highest BCUT2D eigenvalue weighted by Crippen LogP contribution is 2.31. The van der Waals surface area contributed by atoms with Crippen LogP contribution < -0.4 is 9.64 Å². The van der Waals surface area contributed by atoms with Crippen LogP contribution in [0.3, 0.4) is 0 Å². The molecule has 4 nitrogen and oxygen atoms in total. The van der Waals surface area contributed by atoms with Gasteiger partial charge in [-0.2, -0.15) is 13.2 Å². The minimum Gasteiger partial charge on any atom is -0.493 e. The van der Waals surface area contributed by atoms with E-state index in [4.69, 9.17) is 4.74 Å². The number of benzene rings is 2. The van der Waals surface area contributed by atoms with Gasteiger partial charge in [-0.1, -0.05) is 18.2 Å². The lowest BCUT2D eigenvalue weighted by molar-refractivity contribution is -0.137. The van der Waals surface area contributed by atoms with Crippen LogP contribution in [0.15, 0.2) is 42.5 Å². The molecule has 3 rings (SSSR count). The third-order valence-corrected chi connectivity index (χ3v) is 5.09. The second-order valence-corrected chi connectivity index (χ2v) is 7.28. The maximum Gasteiger partial charge on any atom is 0.416 e. The van der Waals surface area contributed by atoms with Crippen LogP contribution in [0.1, 0.15) is 23.1 Å². The lowest BCUT2D eigenvalue weighted by Crippen LogP contribution is -2.49. The molecule has 1 aliphatic heterocycles. The number of ether oxygens (including phenoxy) is 1. The summed E-state index contributed by atoms with van der Waals surface area (Å²) in [5, 5.41) is 0. The summed E-state index contributed by atoms with van der Waals surface area (Å²) in [6.07, 6.45) is -4.08. The van der Waals surface area contributed by atoms with Crippen molar-refractivity contribution < 1.29 is 22.7 Å². The van der Waals surface area contributed by atoms with Gasteiger partial charge in [-0.3, -0.25) is 4.79 Å². The molecule has 156 valence electrons. The van der Waals surface area contributed by atoms with Crippen molar-refractivity contribution in [3.8, 4) is 5.75 Å². The lowest BCUT2D eigenvalue weighted by Gasteiger charge is -2.36. The standard InChI is InChI=1S/C22H25F3N2O2/c1-16-6-7-17(2)20(14-16)29-13-8-21(28)27-11-9-26(10-12-27)19-5-3-4-18(15-19)22(23,24)25/h3-7,14-15H,8-13H2,1-2H3. The quantitative estimate of drug-likeness (QED) is 0.736. The summed E-state index contributed by atoms with van der Waals surface area (Å²) in [7, 11) is 0. The molecule has 1 heterocycles. The number of halogens is 3. The summed E-state index contributed by atoms with van der Waals surface area (Å²) < 4.78 is 44.5. The minimum absolute atomic E-state index is 0.000927. The van der Waals surface area contributed by atoms with E-state index in [9.17, 15) is 18.0 Å². The molecule has 1 fully saturated rings. The second-order valence-electron chi connectivity index (χ2n) is 7.28. The van der Waals surface area contributed by atoms with Crippen molar-refractivity contribution in [3.05, 3.63) is 59.2 Å². The van der Waals surface area contributed by atoms with Gasteiger partial charge in [-0.05, 0) is 49.2 Å². The average molecular weight is 406 g/mol. The number of rotatable bonds is 5. The molecule has 29 heavy (non-hydrogen) atoms. The molecule has 0 bridgehead atoms. The Labute approximate surface area is 168 Å². The maximum absolute atomic E-state index is 12.9. The Bertz CT molecular complexity index is 859. The van der Waals surface area contributed by atoms with Gasteiger partial charge in [-0.25, -0.2) is 0 Å². The number of carbonyl (C=O) groups is 1. The number of anilines is 1. The van der Waals surface area contributed by atoms with Crippen molar-refractivity contribution in [2.24, 2.45) is 0 Å². The molecule has 1 saturated heterocycles.